The predicted octanol–water partition coefficient (Wildman–Crippen LogP) is 2.26. The molecule has 1 aromatic heterocycles. The van der Waals surface area contributed by atoms with Crippen molar-refractivity contribution in [2.75, 3.05) is 26.2 Å². The van der Waals surface area contributed by atoms with Crippen LogP contribution in [0.3, 0.4) is 0 Å². The van der Waals surface area contributed by atoms with Crippen LogP contribution in [-0.2, 0) is 4.79 Å². The summed E-state index contributed by atoms with van der Waals surface area (Å²) in [5.74, 6) is 0.110. The van der Waals surface area contributed by atoms with Crippen LogP contribution in [-0.4, -0.2) is 52.8 Å². The molecular formula is C18H23N3O2. The lowest BCUT2D eigenvalue weighted by Gasteiger charge is -2.21. The average molecular weight is 313 g/mol. The molecule has 1 aromatic rings. The van der Waals surface area contributed by atoms with E-state index >= 15 is 0 Å². The van der Waals surface area contributed by atoms with Gasteiger partial charge in [-0.3, -0.25) is 14.6 Å². The summed E-state index contributed by atoms with van der Waals surface area (Å²) in [5, 5.41) is 0. The zero-order valence-corrected chi connectivity index (χ0v) is 13.4. The molecule has 0 atom stereocenters. The number of pyridine rings is 1. The third-order valence-corrected chi connectivity index (χ3v) is 4.58. The lowest BCUT2D eigenvalue weighted by atomic mass is 10.2. The van der Waals surface area contributed by atoms with E-state index in [0.29, 0.717) is 25.2 Å². The number of aromatic nitrogens is 1. The molecule has 0 radical (unpaired) electrons. The van der Waals surface area contributed by atoms with Gasteiger partial charge in [-0.25, -0.2) is 0 Å². The average Bonchev–Trinajstić information content (AvgIpc) is 2.96. The third kappa shape index (κ3) is 3.97. The van der Waals surface area contributed by atoms with Gasteiger partial charge >= 0.3 is 0 Å². The minimum Gasteiger partial charge on any atom is -0.337 e. The van der Waals surface area contributed by atoms with Gasteiger partial charge < -0.3 is 9.80 Å². The first-order valence-corrected chi connectivity index (χ1v) is 8.42. The fourth-order valence-electron chi connectivity index (χ4n) is 3.25. The van der Waals surface area contributed by atoms with Crippen LogP contribution < -0.4 is 0 Å². The number of carbonyl (C=O) groups is 2. The monoisotopic (exact) mass is 313 g/mol. The first-order valence-electron chi connectivity index (χ1n) is 8.42. The van der Waals surface area contributed by atoms with Crippen LogP contribution in [0.1, 0.15) is 42.5 Å². The van der Waals surface area contributed by atoms with Crippen LogP contribution in [0.4, 0.5) is 0 Å². The Hall–Kier alpha value is -2.17. The molecule has 122 valence electrons. The van der Waals surface area contributed by atoms with Crippen molar-refractivity contribution in [2.45, 2.75) is 32.1 Å². The summed E-state index contributed by atoms with van der Waals surface area (Å²) < 4.78 is 0. The molecule has 0 N–H and O–H groups in total. The quantitative estimate of drug-likeness (QED) is 0.787. The van der Waals surface area contributed by atoms with E-state index in [1.54, 1.807) is 24.5 Å². The van der Waals surface area contributed by atoms with Gasteiger partial charge in [-0.05, 0) is 44.2 Å². The second-order valence-electron chi connectivity index (χ2n) is 6.22. The molecule has 0 bridgehead atoms. The molecule has 2 fully saturated rings. The minimum atomic E-state index is 0.00143. The van der Waals surface area contributed by atoms with Gasteiger partial charge in [-0.2, -0.15) is 0 Å². The maximum atomic E-state index is 12.5. The van der Waals surface area contributed by atoms with Crippen molar-refractivity contribution < 1.29 is 9.59 Å². The van der Waals surface area contributed by atoms with Crippen LogP contribution in [0, 0.1) is 0 Å². The number of carbonyl (C=O) groups excluding carboxylic acids is 2. The Labute approximate surface area is 137 Å². The third-order valence-electron chi connectivity index (χ3n) is 4.58. The van der Waals surface area contributed by atoms with E-state index in [9.17, 15) is 9.59 Å². The molecule has 2 aliphatic rings. The minimum absolute atomic E-state index is 0.00143. The molecule has 23 heavy (non-hydrogen) atoms. The van der Waals surface area contributed by atoms with E-state index in [0.717, 1.165) is 25.8 Å². The van der Waals surface area contributed by atoms with E-state index in [2.05, 4.69) is 4.98 Å². The summed E-state index contributed by atoms with van der Waals surface area (Å²) in [6.45, 7) is 2.60. The first kappa shape index (κ1) is 15.7. The summed E-state index contributed by atoms with van der Waals surface area (Å²) >= 11 is 0. The Balaban J connectivity index is 1.60. The summed E-state index contributed by atoms with van der Waals surface area (Å²) in [6, 6.07) is 3.56. The number of amides is 2. The van der Waals surface area contributed by atoms with Crippen LogP contribution >= 0.6 is 0 Å². The number of hydrogen-bond donors (Lipinski definition) is 0. The maximum Gasteiger partial charge on any atom is 0.255 e. The van der Waals surface area contributed by atoms with Gasteiger partial charge in [0.15, 0.2) is 0 Å². The van der Waals surface area contributed by atoms with Crippen LogP contribution in [0.2, 0.25) is 0 Å². The number of nitrogens with zero attached hydrogens (tertiary/aromatic N) is 3. The maximum absolute atomic E-state index is 12.5. The Morgan fingerprint density at radius 3 is 2.48 bits per heavy atom. The van der Waals surface area contributed by atoms with Crippen molar-refractivity contribution in [1.82, 2.24) is 14.8 Å². The molecule has 1 saturated heterocycles. The Kier molecular flexibility index (Phi) is 5.05. The molecule has 1 aliphatic heterocycles. The Morgan fingerprint density at radius 1 is 1.00 bits per heavy atom. The molecule has 3 rings (SSSR count). The molecule has 1 saturated carbocycles. The molecular weight excluding hydrogens is 290 g/mol. The highest BCUT2D eigenvalue weighted by molar-refractivity contribution is 5.94. The van der Waals surface area contributed by atoms with Gasteiger partial charge in [-0.1, -0.05) is 5.57 Å². The first-order chi connectivity index (χ1) is 11.2. The normalized spacial score (nSPS) is 18.7. The predicted molar refractivity (Wildman–Crippen MR) is 87.9 cm³/mol. The molecule has 1 aliphatic carbocycles. The van der Waals surface area contributed by atoms with Crippen LogP contribution in [0.15, 0.2) is 36.2 Å². The zero-order chi connectivity index (χ0) is 16.1. The molecule has 0 spiro atoms. The molecule has 2 heterocycles. The fraction of sp³-hybridized carbons (Fsp3) is 0.500. The van der Waals surface area contributed by atoms with Gasteiger partial charge in [0.1, 0.15) is 0 Å². The topological polar surface area (TPSA) is 53.5 Å². The Bertz CT molecular complexity index is 590. The summed E-state index contributed by atoms with van der Waals surface area (Å²) in [7, 11) is 0. The molecule has 0 unspecified atom stereocenters. The summed E-state index contributed by atoms with van der Waals surface area (Å²) in [6.07, 6.45) is 10.4. The van der Waals surface area contributed by atoms with Gasteiger partial charge in [0.2, 0.25) is 5.91 Å². The second-order valence-corrected chi connectivity index (χ2v) is 6.22. The summed E-state index contributed by atoms with van der Waals surface area (Å²) in [4.78, 5) is 32.6. The standard InChI is InChI=1S/C18H23N3O2/c22-17(13-15-5-1-2-6-15)20-9-4-10-21(12-11-20)18(23)16-7-3-8-19-14-16/h3,7-8,13-14H,1-2,4-6,9-12H2. The number of hydrogen-bond acceptors (Lipinski definition) is 3. The van der Waals surface area contributed by atoms with Crippen molar-refractivity contribution in [3.63, 3.8) is 0 Å². The van der Waals surface area contributed by atoms with Crippen molar-refractivity contribution in [1.29, 1.82) is 0 Å². The van der Waals surface area contributed by atoms with Gasteiger partial charge in [0, 0.05) is 44.6 Å². The largest absolute Gasteiger partial charge is 0.337 e. The smallest absolute Gasteiger partial charge is 0.255 e. The van der Waals surface area contributed by atoms with Gasteiger partial charge in [0.05, 0.1) is 5.56 Å². The fourth-order valence-corrected chi connectivity index (χ4v) is 3.25. The van der Waals surface area contributed by atoms with Crippen LogP contribution in [0.25, 0.3) is 0 Å². The second kappa shape index (κ2) is 7.40. The van der Waals surface area contributed by atoms with Gasteiger partial charge in [-0.15, -0.1) is 0 Å². The van der Waals surface area contributed by atoms with Gasteiger partial charge in [0.25, 0.3) is 5.91 Å². The van der Waals surface area contributed by atoms with Crippen molar-refractivity contribution in [3.8, 4) is 0 Å². The molecule has 5 nitrogen and oxygen atoms in total. The Morgan fingerprint density at radius 2 is 1.74 bits per heavy atom. The van der Waals surface area contributed by atoms with E-state index in [1.165, 1.54) is 18.4 Å². The van der Waals surface area contributed by atoms with Crippen molar-refractivity contribution in [2.24, 2.45) is 0 Å². The zero-order valence-electron chi connectivity index (χ0n) is 13.4. The molecule has 0 aromatic carbocycles. The highest BCUT2D eigenvalue weighted by Crippen LogP contribution is 2.23. The van der Waals surface area contributed by atoms with E-state index in [1.807, 2.05) is 15.9 Å². The summed E-state index contributed by atoms with van der Waals surface area (Å²) in [5.41, 5.74) is 1.89. The van der Waals surface area contributed by atoms with E-state index in [4.69, 9.17) is 0 Å². The van der Waals surface area contributed by atoms with Crippen molar-refractivity contribution >= 4 is 11.8 Å². The van der Waals surface area contributed by atoms with E-state index < -0.39 is 0 Å². The van der Waals surface area contributed by atoms with E-state index in [-0.39, 0.29) is 11.8 Å². The SMILES string of the molecule is O=C(C=C1CCCC1)N1CCCN(C(=O)c2cccnc2)CC1. The number of allylic oxidation sites excluding steroid dienone is 1. The van der Waals surface area contributed by atoms with Crippen molar-refractivity contribution in [3.05, 3.63) is 41.7 Å². The number of rotatable bonds is 2. The highest BCUT2D eigenvalue weighted by Gasteiger charge is 2.22. The lowest BCUT2D eigenvalue weighted by molar-refractivity contribution is -0.125. The molecule has 2 amide bonds. The highest BCUT2D eigenvalue weighted by atomic mass is 16.2. The lowest BCUT2D eigenvalue weighted by Crippen LogP contribution is -2.36. The molecule has 5 heteroatoms. The van der Waals surface area contributed by atoms with Crippen LogP contribution in [0.5, 0.6) is 0 Å².